The molecule has 0 saturated heterocycles. The molecule has 0 atom stereocenters. The lowest BCUT2D eigenvalue weighted by Gasteiger charge is -2.20. The molecule has 7 nitrogen and oxygen atoms in total. The monoisotopic (exact) mass is 313 g/mol. The topological polar surface area (TPSA) is 82.5 Å². The number of alkyl carbamates (subject to hydrolysis) is 1. The number of carbonyl (C=O) groups is 2. The zero-order valence-electron chi connectivity index (χ0n) is 13.1. The van der Waals surface area contributed by atoms with Crippen LogP contribution in [0.2, 0.25) is 0 Å². The first-order valence-electron chi connectivity index (χ1n) is 6.62. The van der Waals surface area contributed by atoms with E-state index in [1.54, 1.807) is 20.8 Å². The van der Waals surface area contributed by atoms with Crippen molar-refractivity contribution in [3.8, 4) is 0 Å². The summed E-state index contributed by atoms with van der Waals surface area (Å²) < 4.78 is 23.9. The Morgan fingerprint density at radius 3 is 2.68 bits per heavy atom. The summed E-state index contributed by atoms with van der Waals surface area (Å²) in [5.74, 6) is -0.573. The van der Waals surface area contributed by atoms with Crippen molar-refractivity contribution >= 4 is 12.1 Å². The predicted molar refractivity (Wildman–Crippen MR) is 77.0 cm³/mol. The maximum absolute atomic E-state index is 12.9. The summed E-state index contributed by atoms with van der Waals surface area (Å²) >= 11 is 0. The molecule has 1 N–H and O–H groups in total. The van der Waals surface area contributed by atoms with Gasteiger partial charge in [0.2, 0.25) is 0 Å². The summed E-state index contributed by atoms with van der Waals surface area (Å²) in [6.45, 7) is 5.12. The fourth-order valence-corrected chi connectivity index (χ4v) is 1.56. The summed E-state index contributed by atoms with van der Waals surface area (Å²) in [5.41, 5.74) is -0.220. The van der Waals surface area contributed by atoms with Crippen LogP contribution in [-0.2, 0) is 16.0 Å². The molecule has 22 heavy (non-hydrogen) atoms. The zero-order valence-corrected chi connectivity index (χ0v) is 13.1. The molecule has 0 unspecified atom stereocenters. The van der Waals surface area contributed by atoms with Crippen LogP contribution in [0.5, 0.6) is 0 Å². The quantitative estimate of drug-likeness (QED) is 0.841. The van der Waals surface area contributed by atoms with Crippen molar-refractivity contribution < 1.29 is 23.5 Å². The standard InChI is InChI=1S/C14H20FN3O4/c1-14(2,3)22-13(20)16-8-10(7-15)9-18-11(5-6-17-18)12(19)21-4/h5-7H,8-9H2,1-4H3,(H,16,20)/b10-7+. The van der Waals surface area contributed by atoms with E-state index in [-0.39, 0.29) is 24.4 Å². The van der Waals surface area contributed by atoms with Gasteiger partial charge >= 0.3 is 12.1 Å². The molecule has 1 heterocycles. The van der Waals surface area contributed by atoms with Crippen molar-refractivity contribution in [2.75, 3.05) is 13.7 Å². The highest BCUT2D eigenvalue weighted by Gasteiger charge is 2.17. The van der Waals surface area contributed by atoms with Crippen molar-refractivity contribution in [3.63, 3.8) is 0 Å². The number of amides is 1. The van der Waals surface area contributed by atoms with Crippen molar-refractivity contribution in [1.82, 2.24) is 15.1 Å². The number of nitrogens with zero attached hydrogens (tertiary/aromatic N) is 2. The van der Waals surface area contributed by atoms with Crippen LogP contribution in [-0.4, -0.2) is 41.1 Å². The summed E-state index contributed by atoms with van der Waals surface area (Å²) in [6.07, 6.45) is 1.12. The van der Waals surface area contributed by atoms with Crippen molar-refractivity contribution in [3.05, 3.63) is 29.9 Å². The predicted octanol–water partition coefficient (Wildman–Crippen LogP) is 2.05. The molecular formula is C14H20FN3O4. The molecule has 0 aromatic carbocycles. The van der Waals surface area contributed by atoms with E-state index in [4.69, 9.17) is 4.74 Å². The Labute approximate surface area is 128 Å². The molecule has 0 bridgehead atoms. The maximum Gasteiger partial charge on any atom is 0.407 e. The third-order valence-corrected chi connectivity index (χ3v) is 2.48. The van der Waals surface area contributed by atoms with Crippen molar-refractivity contribution in [1.29, 1.82) is 0 Å². The number of halogens is 1. The lowest BCUT2D eigenvalue weighted by molar-refractivity contribution is 0.0528. The third-order valence-electron chi connectivity index (χ3n) is 2.48. The fraction of sp³-hybridized carbons (Fsp3) is 0.500. The van der Waals surface area contributed by atoms with Crippen LogP contribution in [0.15, 0.2) is 24.2 Å². The minimum atomic E-state index is -0.652. The number of aromatic nitrogens is 2. The normalized spacial score (nSPS) is 12.0. The Morgan fingerprint density at radius 2 is 2.14 bits per heavy atom. The first-order chi connectivity index (χ1) is 10.3. The summed E-state index contributed by atoms with van der Waals surface area (Å²) in [5, 5.41) is 6.36. The van der Waals surface area contributed by atoms with Crippen LogP contribution in [0.25, 0.3) is 0 Å². The molecule has 1 rings (SSSR count). The molecule has 122 valence electrons. The van der Waals surface area contributed by atoms with Crippen molar-refractivity contribution in [2.24, 2.45) is 0 Å². The van der Waals surface area contributed by atoms with E-state index in [1.807, 2.05) is 0 Å². The van der Waals surface area contributed by atoms with E-state index in [9.17, 15) is 14.0 Å². The second-order valence-electron chi connectivity index (χ2n) is 5.49. The fourth-order valence-electron chi connectivity index (χ4n) is 1.56. The lowest BCUT2D eigenvalue weighted by Crippen LogP contribution is -2.34. The number of esters is 1. The summed E-state index contributed by atoms with van der Waals surface area (Å²) in [6, 6.07) is 1.46. The van der Waals surface area contributed by atoms with Gasteiger partial charge in [-0.2, -0.15) is 5.10 Å². The Hall–Kier alpha value is -2.38. The number of carbonyl (C=O) groups excluding carboxylic acids is 2. The third kappa shape index (κ3) is 5.55. The van der Waals surface area contributed by atoms with Gasteiger partial charge in [0.25, 0.3) is 0 Å². The van der Waals surface area contributed by atoms with E-state index < -0.39 is 17.7 Å². The minimum absolute atomic E-state index is 0.00370. The number of ether oxygens (including phenoxy) is 2. The highest BCUT2D eigenvalue weighted by atomic mass is 19.1. The van der Waals surface area contributed by atoms with Gasteiger partial charge in [-0.1, -0.05) is 0 Å². The molecule has 0 aliphatic heterocycles. The van der Waals surface area contributed by atoms with Gasteiger partial charge < -0.3 is 14.8 Å². The second kappa shape index (κ2) is 7.58. The van der Waals surface area contributed by atoms with Crippen LogP contribution in [0, 0.1) is 0 Å². The molecule has 0 aliphatic carbocycles. The number of rotatable bonds is 5. The lowest BCUT2D eigenvalue weighted by atomic mass is 10.2. The number of nitrogens with one attached hydrogen (secondary N) is 1. The van der Waals surface area contributed by atoms with Crippen LogP contribution in [0.4, 0.5) is 9.18 Å². The van der Waals surface area contributed by atoms with Gasteiger partial charge in [-0.15, -0.1) is 0 Å². The van der Waals surface area contributed by atoms with E-state index in [0.717, 1.165) is 0 Å². The highest BCUT2D eigenvalue weighted by Crippen LogP contribution is 2.08. The average molecular weight is 313 g/mol. The molecule has 1 aromatic rings. The first kappa shape index (κ1) is 17.7. The van der Waals surface area contributed by atoms with Gasteiger partial charge in [-0.05, 0) is 32.4 Å². The number of methoxy groups -OCH3 is 1. The minimum Gasteiger partial charge on any atom is -0.464 e. The van der Waals surface area contributed by atoms with E-state index in [1.165, 1.54) is 24.1 Å². The maximum atomic E-state index is 12.9. The van der Waals surface area contributed by atoms with E-state index in [0.29, 0.717) is 6.33 Å². The molecule has 1 aromatic heterocycles. The largest absolute Gasteiger partial charge is 0.464 e. The molecule has 1 amide bonds. The van der Waals surface area contributed by atoms with Crippen LogP contribution in [0.1, 0.15) is 31.3 Å². The van der Waals surface area contributed by atoms with E-state index in [2.05, 4.69) is 15.2 Å². The number of hydrogen-bond donors (Lipinski definition) is 1. The Kier molecular flexibility index (Phi) is 6.09. The summed E-state index contributed by atoms with van der Waals surface area (Å²) in [7, 11) is 1.25. The Balaban J connectivity index is 2.62. The average Bonchev–Trinajstić information content (AvgIpc) is 2.88. The Bertz CT molecular complexity index is 561. The van der Waals surface area contributed by atoms with Gasteiger partial charge in [0, 0.05) is 12.7 Å². The van der Waals surface area contributed by atoms with Crippen LogP contribution < -0.4 is 5.32 Å². The van der Waals surface area contributed by atoms with Gasteiger partial charge in [0.05, 0.1) is 20.0 Å². The smallest absolute Gasteiger partial charge is 0.407 e. The van der Waals surface area contributed by atoms with E-state index >= 15 is 0 Å². The summed E-state index contributed by atoms with van der Waals surface area (Å²) in [4.78, 5) is 23.0. The second-order valence-corrected chi connectivity index (χ2v) is 5.49. The van der Waals surface area contributed by atoms with Gasteiger partial charge in [-0.25, -0.2) is 14.0 Å². The van der Waals surface area contributed by atoms with Crippen molar-refractivity contribution in [2.45, 2.75) is 32.9 Å². The zero-order chi connectivity index (χ0) is 16.8. The van der Waals surface area contributed by atoms with Gasteiger partial charge in [0.15, 0.2) is 0 Å². The number of hydrogen-bond acceptors (Lipinski definition) is 5. The molecule has 0 radical (unpaired) electrons. The highest BCUT2D eigenvalue weighted by molar-refractivity contribution is 5.87. The molecular weight excluding hydrogens is 293 g/mol. The molecule has 0 spiro atoms. The SMILES string of the molecule is COC(=O)c1ccnn1C/C(=C/F)CNC(=O)OC(C)(C)C. The molecule has 0 aliphatic rings. The van der Waals surface area contributed by atoms with Gasteiger partial charge in [-0.3, -0.25) is 4.68 Å². The van der Waals surface area contributed by atoms with Crippen LogP contribution >= 0.6 is 0 Å². The molecule has 0 saturated carbocycles. The first-order valence-corrected chi connectivity index (χ1v) is 6.62. The van der Waals surface area contributed by atoms with Gasteiger partial charge in [0.1, 0.15) is 11.3 Å². The molecule has 8 heteroatoms. The van der Waals surface area contributed by atoms with Crippen LogP contribution in [0.3, 0.4) is 0 Å². The molecule has 0 fully saturated rings. The Morgan fingerprint density at radius 1 is 1.45 bits per heavy atom.